The van der Waals surface area contributed by atoms with Gasteiger partial charge in [0.05, 0.1) is 12.0 Å². The van der Waals surface area contributed by atoms with Gasteiger partial charge < -0.3 is 15.1 Å². The molecule has 28 heavy (non-hydrogen) atoms. The van der Waals surface area contributed by atoms with Gasteiger partial charge in [-0.25, -0.2) is 0 Å². The smallest absolute Gasteiger partial charge is 0.227 e. The van der Waals surface area contributed by atoms with Gasteiger partial charge >= 0.3 is 0 Å². The van der Waals surface area contributed by atoms with Crippen LogP contribution in [0.4, 0.5) is 0 Å². The fraction of sp³-hybridized carbons (Fsp3) is 0.636. The number of likely N-dealkylation sites (tertiary alicyclic amines) is 2. The lowest BCUT2D eigenvalue weighted by Gasteiger charge is -2.34. The van der Waals surface area contributed by atoms with Gasteiger partial charge in [0.1, 0.15) is 0 Å². The summed E-state index contributed by atoms with van der Waals surface area (Å²) >= 11 is 0. The summed E-state index contributed by atoms with van der Waals surface area (Å²) in [6, 6.07) is 10.6. The second-order valence-electron chi connectivity index (χ2n) is 8.48. The fourth-order valence-electron chi connectivity index (χ4n) is 4.40. The van der Waals surface area contributed by atoms with Gasteiger partial charge in [-0.15, -0.1) is 12.4 Å². The van der Waals surface area contributed by atoms with Crippen LogP contribution in [0.3, 0.4) is 0 Å². The number of amides is 2. The summed E-state index contributed by atoms with van der Waals surface area (Å²) in [6.07, 6.45) is 5.16. The van der Waals surface area contributed by atoms with Crippen molar-refractivity contribution in [3.63, 3.8) is 0 Å². The first-order valence-electron chi connectivity index (χ1n) is 10.5. The molecule has 5 nitrogen and oxygen atoms in total. The van der Waals surface area contributed by atoms with E-state index in [1.54, 1.807) is 0 Å². The highest BCUT2D eigenvalue weighted by Gasteiger charge is 2.39. The van der Waals surface area contributed by atoms with Gasteiger partial charge in [-0.3, -0.25) is 9.59 Å². The zero-order valence-electron chi connectivity index (χ0n) is 16.7. The van der Waals surface area contributed by atoms with E-state index in [9.17, 15) is 9.59 Å². The molecule has 154 valence electrons. The zero-order chi connectivity index (χ0) is 18.8. The Labute approximate surface area is 174 Å². The van der Waals surface area contributed by atoms with Crippen LogP contribution in [-0.2, 0) is 9.59 Å². The van der Waals surface area contributed by atoms with Gasteiger partial charge in [0.2, 0.25) is 11.8 Å². The molecule has 2 saturated heterocycles. The number of nitrogens with zero attached hydrogens (tertiary/aromatic N) is 2. The molecule has 3 fully saturated rings. The third-order valence-corrected chi connectivity index (χ3v) is 6.46. The van der Waals surface area contributed by atoms with Crippen LogP contribution in [0.15, 0.2) is 30.3 Å². The summed E-state index contributed by atoms with van der Waals surface area (Å²) in [5.74, 6) is 0.990. The number of rotatable bonds is 6. The van der Waals surface area contributed by atoms with Crippen molar-refractivity contribution in [3.8, 4) is 0 Å². The molecular weight excluding hydrogens is 374 g/mol. The Kier molecular flexibility index (Phi) is 7.00. The maximum atomic E-state index is 13.0. The van der Waals surface area contributed by atoms with Crippen molar-refractivity contribution in [2.45, 2.75) is 51.1 Å². The quantitative estimate of drug-likeness (QED) is 0.791. The molecule has 0 radical (unpaired) electrons. The van der Waals surface area contributed by atoms with Crippen LogP contribution in [-0.4, -0.2) is 53.8 Å². The predicted octanol–water partition coefficient (Wildman–Crippen LogP) is 3.01. The number of halogens is 1. The molecule has 0 bridgehead atoms. The molecule has 0 spiro atoms. The zero-order valence-corrected chi connectivity index (χ0v) is 17.5. The van der Waals surface area contributed by atoms with Crippen LogP contribution in [0.25, 0.3) is 0 Å². The van der Waals surface area contributed by atoms with E-state index in [0.29, 0.717) is 19.0 Å². The highest BCUT2D eigenvalue weighted by Crippen LogP contribution is 2.30. The molecule has 1 N–H and O–H groups in total. The SMILES string of the molecule is CC(c1ccccc1)N1CC(C(=O)N2CCC(NCC3CC3)CC2)CC1=O.Cl. The molecule has 2 heterocycles. The number of hydrogen-bond acceptors (Lipinski definition) is 3. The number of carbonyl (C=O) groups excluding carboxylic acids is 2. The van der Waals surface area contributed by atoms with E-state index in [-0.39, 0.29) is 36.2 Å². The summed E-state index contributed by atoms with van der Waals surface area (Å²) in [5, 5.41) is 3.66. The second kappa shape index (κ2) is 9.27. The van der Waals surface area contributed by atoms with Gasteiger partial charge in [0, 0.05) is 32.1 Å². The van der Waals surface area contributed by atoms with Crippen LogP contribution in [0, 0.1) is 11.8 Å². The largest absolute Gasteiger partial charge is 0.342 e. The standard InChI is InChI=1S/C22H31N3O2.ClH/c1-16(18-5-3-2-4-6-18)25-15-19(13-21(25)26)22(27)24-11-9-20(10-12-24)23-14-17-7-8-17;/h2-6,16-17,19-20,23H,7-15H2,1H3;1H. The molecule has 2 amide bonds. The third-order valence-electron chi connectivity index (χ3n) is 6.46. The molecule has 3 aliphatic rings. The second-order valence-corrected chi connectivity index (χ2v) is 8.48. The molecule has 2 aliphatic heterocycles. The molecule has 2 atom stereocenters. The highest BCUT2D eigenvalue weighted by molar-refractivity contribution is 5.89. The van der Waals surface area contributed by atoms with Crippen LogP contribution >= 0.6 is 12.4 Å². The number of piperidine rings is 1. The third kappa shape index (κ3) is 4.87. The first-order chi connectivity index (χ1) is 13.1. The number of carbonyl (C=O) groups is 2. The average Bonchev–Trinajstić information content (AvgIpc) is 3.46. The van der Waals surface area contributed by atoms with E-state index in [1.807, 2.05) is 40.1 Å². The van der Waals surface area contributed by atoms with Crippen LogP contribution in [0.5, 0.6) is 0 Å². The van der Waals surface area contributed by atoms with E-state index in [2.05, 4.69) is 12.2 Å². The molecular formula is C22H32ClN3O2. The van der Waals surface area contributed by atoms with E-state index in [0.717, 1.165) is 44.0 Å². The Morgan fingerprint density at radius 2 is 1.82 bits per heavy atom. The number of benzene rings is 1. The Bertz CT molecular complexity index is 672. The summed E-state index contributed by atoms with van der Waals surface area (Å²) in [7, 11) is 0. The highest BCUT2D eigenvalue weighted by atomic mass is 35.5. The summed E-state index contributed by atoms with van der Waals surface area (Å²) in [6.45, 7) is 5.38. The van der Waals surface area contributed by atoms with Crippen LogP contribution in [0.1, 0.15) is 50.6 Å². The van der Waals surface area contributed by atoms with Crippen molar-refractivity contribution < 1.29 is 9.59 Å². The Balaban J connectivity index is 0.00000225. The Morgan fingerprint density at radius 3 is 2.46 bits per heavy atom. The molecule has 0 aromatic heterocycles. The minimum atomic E-state index is -0.181. The van der Waals surface area contributed by atoms with E-state index in [4.69, 9.17) is 0 Å². The average molecular weight is 406 g/mol. The minimum absolute atomic E-state index is 0. The first-order valence-corrected chi connectivity index (χ1v) is 10.5. The predicted molar refractivity (Wildman–Crippen MR) is 112 cm³/mol. The topological polar surface area (TPSA) is 52.7 Å². The van der Waals surface area contributed by atoms with Crippen LogP contribution in [0.2, 0.25) is 0 Å². The van der Waals surface area contributed by atoms with Gasteiger partial charge in [0.15, 0.2) is 0 Å². The summed E-state index contributed by atoms with van der Waals surface area (Å²) in [4.78, 5) is 29.4. The van der Waals surface area contributed by atoms with Gasteiger partial charge in [-0.2, -0.15) is 0 Å². The number of nitrogens with one attached hydrogen (secondary N) is 1. The molecule has 1 saturated carbocycles. The maximum Gasteiger partial charge on any atom is 0.227 e. The van der Waals surface area contributed by atoms with E-state index < -0.39 is 0 Å². The van der Waals surface area contributed by atoms with E-state index >= 15 is 0 Å². The molecule has 4 rings (SSSR count). The van der Waals surface area contributed by atoms with Gasteiger partial charge in [-0.1, -0.05) is 30.3 Å². The lowest BCUT2D eigenvalue weighted by atomic mass is 10.0. The monoisotopic (exact) mass is 405 g/mol. The Hall–Kier alpha value is -1.59. The fourth-order valence-corrected chi connectivity index (χ4v) is 4.40. The normalized spacial score (nSPS) is 24.2. The van der Waals surface area contributed by atoms with Crippen molar-refractivity contribution in [2.24, 2.45) is 11.8 Å². The summed E-state index contributed by atoms with van der Waals surface area (Å²) in [5.41, 5.74) is 1.13. The van der Waals surface area contributed by atoms with Crippen molar-refractivity contribution in [1.82, 2.24) is 15.1 Å². The Morgan fingerprint density at radius 1 is 1.14 bits per heavy atom. The van der Waals surface area contributed by atoms with E-state index in [1.165, 1.54) is 12.8 Å². The molecule has 1 aromatic carbocycles. The van der Waals surface area contributed by atoms with Gasteiger partial charge in [-0.05, 0) is 50.6 Å². The van der Waals surface area contributed by atoms with Crippen molar-refractivity contribution in [3.05, 3.63) is 35.9 Å². The lowest BCUT2D eigenvalue weighted by Crippen LogP contribution is -2.47. The van der Waals surface area contributed by atoms with Gasteiger partial charge in [0.25, 0.3) is 0 Å². The van der Waals surface area contributed by atoms with Crippen molar-refractivity contribution in [2.75, 3.05) is 26.2 Å². The van der Waals surface area contributed by atoms with Crippen molar-refractivity contribution >= 4 is 24.2 Å². The number of hydrogen-bond donors (Lipinski definition) is 1. The molecule has 6 heteroatoms. The maximum absolute atomic E-state index is 13.0. The first kappa shape index (κ1) is 21.1. The van der Waals surface area contributed by atoms with Crippen molar-refractivity contribution in [1.29, 1.82) is 0 Å². The molecule has 2 unspecified atom stereocenters. The molecule has 1 aliphatic carbocycles. The van der Waals surface area contributed by atoms with Crippen LogP contribution < -0.4 is 5.32 Å². The molecule has 1 aromatic rings. The summed E-state index contributed by atoms with van der Waals surface area (Å²) < 4.78 is 0. The lowest BCUT2D eigenvalue weighted by molar-refractivity contribution is -0.136. The minimum Gasteiger partial charge on any atom is -0.342 e.